The van der Waals surface area contributed by atoms with E-state index >= 15 is 0 Å². The van der Waals surface area contributed by atoms with Crippen LogP contribution in [0.15, 0.2) is 60.8 Å². The summed E-state index contributed by atoms with van der Waals surface area (Å²) in [5, 5.41) is 13.5. The maximum absolute atomic E-state index is 13.3. The zero-order valence-corrected chi connectivity index (χ0v) is 14.6. The lowest BCUT2D eigenvalue weighted by Gasteiger charge is -2.10. The van der Waals surface area contributed by atoms with Crippen molar-refractivity contribution >= 4 is 34.0 Å². The summed E-state index contributed by atoms with van der Waals surface area (Å²) in [7, 11) is 0. The minimum absolute atomic E-state index is 0.0420. The molecule has 4 rings (SSSR count). The SMILES string of the molecule is N#Cc1cc(Oc2ccc(F)c(Cl)c2)cc(Nc2ccc3cc[nH]c3c2)n1. The summed E-state index contributed by atoms with van der Waals surface area (Å²) in [6.07, 6.45) is 1.86. The van der Waals surface area contributed by atoms with E-state index in [-0.39, 0.29) is 10.7 Å². The molecule has 0 bridgehead atoms. The molecule has 0 atom stereocenters. The van der Waals surface area contributed by atoms with E-state index in [2.05, 4.69) is 15.3 Å². The van der Waals surface area contributed by atoms with Gasteiger partial charge >= 0.3 is 0 Å². The van der Waals surface area contributed by atoms with E-state index in [1.165, 1.54) is 24.3 Å². The standard InChI is InChI=1S/C20H12ClFN4O/c21-17-9-15(3-4-18(17)22)27-16-7-14(11-23)26-20(10-16)25-13-2-1-12-5-6-24-19(12)8-13/h1-10,24H,(H,25,26). The van der Waals surface area contributed by atoms with Crippen molar-refractivity contribution < 1.29 is 9.13 Å². The van der Waals surface area contributed by atoms with Gasteiger partial charge < -0.3 is 15.0 Å². The van der Waals surface area contributed by atoms with Crippen LogP contribution in [0.25, 0.3) is 10.9 Å². The van der Waals surface area contributed by atoms with Gasteiger partial charge in [0, 0.05) is 35.6 Å². The predicted molar refractivity (Wildman–Crippen MR) is 102 cm³/mol. The molecule has 0 amide bonds. The fourth-order valence-electron chi connectivity index (χ4n) is 2.64. The number of pyridine rings is 1. The molecule has 2 aromatic heterocycles. The van der Waals surface area contributed by atoms with Crippen molar-refractivity contribution in [3.05, 3.63) is 77.3 Å². The Bertz CT molecular complexity index is 1180. The average Bonchev–Trinajstić information content (AvgIpc) is 3.12. The number of nitrogens with zero attached hydrogens (tertiary/aromatic N) is 2. The molecule has 0 spiro atoms. The Hall–Kier alpha value is -3.56. The van der Waals surface area contributed by atoms with E-state index in [1.807, 2.05) is 36.5 Å². The van der Waals surface area contributed by atoms with Gasteiger partial charge in [-0.1, -0.05) is 17.7 Å². The molecule has 5 nitrogen and oxygen atoms in total. The lowest BCUT2D eigenvalue weighted by molar-refractivity contribution is 0.480. The number of ether oxygens (including phenoxy) is 1. The van der Waals surface area contributed by atoms with Crippen molar-refractivity contribution in [3.63, 3.8) is 0 Å². The van der Waals surface area contributed by atoms with Crippen molar-refractivity contribution in [1.29, 1.82) is 5.26 Å². The number of benzene rings is 2. The van der Waals surface area contributed by atoms with Crippen LogP contribution in [-0.4, -0.2) is 9.97 Å². The Kier molecular flexibility index (Phi) is 4.37. The molecule has 0 aliphatic rings. The molecule has 0 fully saturated rings. The average molecular weight is 379 g/mol. The third-order valence-corrected chi connectivity index (χ3v) is 4.16. The summed E-state index contributed by atoms with van der Waals surface area (Å²) in [6, 6.07) is 17.0. The van der Waals surface area contributed by atoms with E-state index < -0.39 is 5.82 Å². The molecule has 2 N–H and O–H groups in total. The van der Waals surface area contributed by atoms with Gasteiger partial charge in [0.2, 0.25) is 0 Å². The third kappa shape index (κ3) is 3.68. The van der Waals surface area contributed by atoms with Gasteiger partial charge in [-0.2, -0.15) is 5.26 Å². The summed E-state index contributed by atoms with van der Waals surface area (Å²) in [6.45, 7) is 0. The summed E-state index contributed by atoms with van der Waals surface area (Å²) < 4.78 is 19.0. The van der Waals surface area contributed by atoms with Gasteiger partial charge in [-0.05, 0) is 35.7 Å². The molecule has 0 aliphatic heterocycles. The number of nitriles is 1. The van der Waals surface area contributed by atoms with E-state index in [4.69, 9.17) is 16.3 Å². The first-order valence-corrected chi connectivity index (χ1v) is 8.38. The molecule has 0 radical (unpaired) electrons. The summed E-state index contributed by atoms with van der Waals surface area (Å²) >= 11 is 5.78. The van der Waals surface area contributed by atoms with Crippen LogP contribution < -0.4 is 10.1 Å². The summed E-state index contributed by atoms with van der Waals surface area (Å²) in [4.78, 5) is 7.38. The highest BCUT2D eigenvalue weighted by atomic mass is 35.5. The number of fused-ring (bicyclic) bond motifs is 1. The van der Waals surface area contributed by atoms with Gasteiger partial charge in [0.1, 0.15) is 34.9 Å². The molecular weight excluding hydrogens is 367 g/mol. The molecule has 2 heterocycles. The number of anilines is 2. The van der Waals surface area contributed by atoms with Crippen LogP contribution in [0.3, 0.4) is 0 Å². The third-order valence-electron chi connectivity index (χ3n) is 3.87. The second-order valence-corrected chi connectivity index (χ2v) is 6.18. The molecule has 2 aromatic carbocycles. The smallest absolute Gasteiger partial charge is 0.146 e. The molecule has 0 saturated heterocycles. The van der Waals surface area contributed by atoms with Crippen LogP contribution >= 0.6 is 11.6 Å². The number of halogens is 2. The van der Waals surface area contributed by atoms with Crippen LogP contribution in [0.5, 0.6) is 11.5 Å². The Balaban J connectivity index is 1.63. The maximum atomic E-state index is 13.3. The summed E-state index contributed by atoms with van der Waals surface area (Å²) in [5.74, 6) is 0.657. The van der Waals surface area contributed by atoms with Crippen LogP contribution in [-0.2, 0) is 0 Å². The normalized spacial score (nSPS) is 10.6. The predicted octanol–water partition coefficient (Wildman–Crippen LogP) is 5.76. The molecule has 4 aromatic rings. The van der Waals surface area contributed by atoms with E-state index in [1.54, 1.807) is 6.07 Å². The molecule has 7 heteroatoms. The van der Waals surface area contributed by atoms with Gasteiger partial charge in [-0.15, -0.1) is 0 Å². The van der Waals surface area contributed by atoms with Crippen molar-refractivity contribution in [1.82, 2.24) is 9.97 Å². The number of H-pyrrole nitrogens is 1. The highest BCUT2D eigenvalue weighted by Crippen LogP contribution is 2.29. The number of rotatable bonds is 4. The van der Waals surface area contributed by atoms with E-state index in [0.717, 1.165) is 16.6 Å². The second kappa shape index (κ2) is 6.98. The van der Waals surface area contributed by atoms with Gasteiger partial charge in [-0.3, -0.25) is 0 Å². The Morgan fingerprint density at radius 2 is 1.96 bits per heavy atom. The molecule has 0 unspecified atom stereocenters. The Morgan fingerprint density at radius 3 is 2.78 bits per heavy atom. The van der Waals surface area contributed by atoms with Crippen molar-refractivity contribution in [2.45, 2.75) is 0 Å². The molecular formula is C20H12ClFN4O. The zero-order chi connectivity index (χ0) is 18.8. The fourth-order valence-corrected chi connectivity index (χ4v) is 2.81. The second-order valence-electron chi connectivity index (χ2n) is 5.77. The van der Waals surface area contributed by atoms with Crippen LogP contribution in [0.1, 0.15) is 5.69 Å². The number of aromatic amines is 1. The lowest BCUT2D eigenvalue weighted by atomic mass is 10.2. The fraction of sp³-hybridized carbons (Fsp3) is 0. The largest absolute Gasteiger partial charge is 0.457 e. The topological polar surface area (TPSA) is 73.7 Å². The Morgan fingerprint density at radius 1 is 1.07 bits per heavy atom. The molecule has 132 valence electrons. The number of hydrogen-bond acceptors (Lipinski definition) is 4. The highest BCUT2D eigenvalue weighted by molar-refractivity contribution is 6.30. The van der Waals surface area contributed by atoms with Crippen LogP contribution in [0.4, 0.5) is 15.9 Å². The van der Waals surface area contributed by atoms with Crippen LogP contribution in [0, 0.1) is 17.1 Å². The first-order valence-electron chi connectivity index (χ1n) is 8.00. The zero-order valence-electron chi connectivity index (χ0n) is 13.8. The van der Waals surface area contributed by atoms with Gasteiger partial charge in [0.05, 0.1) is 5.02 Å². The minimum atomic E-state index is -0.529. The van der Waals surface area contributed by atoms with E-state index in [0.29, 0.717) is 17.3 Å². The maximum Gasteiger partial charge on any atom is 0.146 e. The van der Waals surface area contributed by atoms with Gasteiger partial charge in [0.25, 0.3) is 0 Å². The van der Waals surface area contributed by atoms with Crippen LogP contribution in [0.2, 0.25) is 5.02 Å². The molecule has 0 aliphatic carbocycles. The first kappa shape index (κ1) is 16.9. The van der Waals surface area contributed by atoms with Crippen molar-refractivity contribution in [2.24, 2.45) is 0 Å². The molecule has 27 heavy (non-hydrogen) atoms. The number of aromatic nitrogens is 2. The summed E-state index contributed by atoms with van der Waals surface area (Å²) in [5.41, 5.74) is 1.97. The monoisotopic (exact) mass is 378 g/mol. The van der Waals surface area contributed by atoms with E-state index in [9.17, 15) is 9.65 Å². The van der Waals surface area contributed by atoms with Gasteiger partial charge in [0.15, 0.2) is 0 Å². The van der Waals surface area contributed by atoms with Gasteiger partial charge in [-0.25, -0.2) is 9.37 Å². The minimum Gasteiger partial charge on any atom is -0.457 e. The van der Waals surface area contributed by atoms with Crippen molar-refractivity contribution in [2.75, 3.05) is 5.32 Å². The number of nitrogens with one attached hydrogen (secondary N) is 2. The van der Waals surface area contributed by atoms with Crippen molar-refractivity contribution in [3.8, 4) is 17.6 Å². The molecule has 0 saturated carbocycles. The lowest BCUT2D eigenvalue weighted by Crippen LogP contribution is -1.97. The Labute approximate surface area is 159 Å². The quantitative estimate of drug-likeness (QED) is 0.473. The first-order chi connectivity index (χ1) is 13.1. The number of hydrogen-bond donors (Lipinski definition) is 2. The highest BCUT2D eigenvalue weighted by Gasteiger charge is 2.08.